The molecule has 6 heteroatoms. The number of carbonyl (C=O) groups is 1. The van der Waals surface area contributed by atoms with Crippen molar-refractivity contribution in [1.29, 1.82) is 0 Å². The van der Waals surface area contributed by atoms with Crippen molar-refractivity contribution < 1.29 is 9.53 Å². The molecular formula is C18H20Cl2N2O2. The van der Waals surface area contributed by atoms with Crippen molar-refractivity contribution in [3.8, 4) is 5.75 Å². The fraction of sp³-hybridized carbons (Fsp3) is 0.333. The third-order valence-electron chi connectivity index (χ3n) is 3.67. The van der Waals surface area contributed by atoms with E-state index in [1.165, 1.54) is 4.68 Å². The lowest BCUT2D eigenvalue weighted by molar-refractivity contribution is 0.0707. The van der Waals surface area contributed by atoms with Gasteiger partial charge in [0.25, 0.3) is 5.91 Å². The Morgan fingerprint density at radius 1 is 1.38 bits per heavy atom. The molecule has 24 heavy (non-hydrogen) atoms. The van der Waals surface area contributed by atoms with Crippen LogP contribution in [0.1, 0.15) is 35.6 Å². The fourth-order valence-electron chi connectivity index (χ4n) is 2.43. The number of rotatable bonds is 5. The molecule has 2 rings (SSSR count). The van der Waals surface area contributed by atoms with E-state index >= 15 is 0 Å². The van der Waals surface area contributed by atoms with Gasteiger partial charge < -0.3 is 4.74 Å². The summed E-state index contributed by atoms with van der Waals surface area (Å²) in [5.74, 6) is 0.153. The molecule has 0 aliphatic carbocycles. The highest BCUT2D eigenvalue weighted by atomic mass is 35.5. The van der Waals surface area contributed by atoms with Crippen LogP contribution in [0.15, 0.2) is 30.4 Å². The highest BCUT2D eigenvalue weighted by Crippen LogP contribution is 2.28. The minimum atomic E-state index is -0.737. The SMILES string of the molecule is C=C(C)Cc1c(C)nn(C(=O)C(C)Oc2ccc(Cl)cc2Cl)c1C. The molecule has 0 fully saturated rings. The minimum Gasteiger partial charge on any atom is -0.479 e. The Morgan fingerprint density at radius 2 is 2.04 bits per heavy atom. The molecule has 0 amide bonds. The molecule has 128 valence electrons. The zero-order valence-corrected chi connectivity index (χ0v) is 15.7. The normalized spacial score (nSPS) is 12.1. The number of benzene rings is 1. The van der Waals surface area contributed by atoms with Gasteiger partial charge in [-0.3, -0.25) is 4.79 Å². The largest absolute Gasteiger partial charge is 0.479 e. The average molecular weight is 367 g/mol. The van der Waals surface area contributed by atoms with Crippen LogP contribution in [0.5, 0.6) is 5.75 Å². The molecule has 0 bridgehead atoms. The molecule has 2 aromatic rings. The highest BCUT2D eigenvalue weighted by Gasteiger charge is 2.23. The van der Waals surface area contributed by atoms with E-state index < -0.39 is 6.10 Å². The van der Waals surface area contributed by atoms with Gasteiger partial charge in [-0.15, -0.1) is 0 Å². The highest BCUT2D eigenvalue weighted by molar-refractivity contribution is 6.35. The number of halogens is 2. The monoisotopic (exact) mass is 366 g/mol. The Hall–Kier alpha value is -1.78. The third-order valence-corrected chi connectivity index (χ3v) is 4.20. The fourth-order valence-corrected chi connectivity index (χ4v) is 2.88. The summed E-state index contributed by atoms with van der Waals surface area (Å²) in [4.78, 5) is 12.7. The first-order valence-electron chi connectivity index (χ1n) is 7.56. The van der Waals surface area contributed by atoms with E-state index in [2.05, 4.69) is 11.7 Å². The number of ether oxygens (including phenoxy) is 1. The quantitative estimate of drug-likeness (QED) is 0.696. The Labute approximate surface area is 152 Å². The molecule has 1 unspecified atom stereocenters. The molecule has 1 aromatic carbocycles. The smallest absolute Gasteiger partial charge is 0.287 e. The molecule has 0 radical (unpaired) electrons. The van der Waals surface area contributed by atoms with E-state index in [1.807, 2.05) is 20.8 Å². The molecule has 4 nitrogen and oxygen atoms in total. The summed E-state index contributed by atoms with van der Waals surface area (Å²) in [5.41, 5.74) is 3.66. The van der Waals surface area contributed by atoms with Crippen LogP contribution in [0.2, 0.25) is 10.0 Å². The minimum absolute atomic E-state index is 0.255. The number of aromatic nitrogens is 2. The van der Waals surface area contributed by atoms with E-state index in [-0.39, 0.29) is 5.91 Å². The summed E-state index contributed by atoms with van der Waals surface area (Å²) in [6.45, 7) is 11.3. The zero-order valence-electron chi connectivity index (χ0n) is 14.2. The average Bonchev–Trinajstić information content (AvgIpc) is 2.77. The van der Waals surface area contributed by atoms with Crippen LogP contribution in [-0.4, -0.2) is 21.8 Å². The lowest BCUT2D eigenvalue weighted by Crippen LogP contribution is -2.31. The number of carbonyl (C=O) groups excluding carboxylic acids is 1. The van der Waals surface area contributed by atoms with Crippen LogP contribution in [0.3, 0.4) is 0 Å². The van der Waals surface area contributed by atoms with Crippen LogP contribution in [0.25, 0.3) is 0 Å². The summed E-state index contributed by atoms with van der Waals surface area (Å²) in [7, 11) is 0. The second-order valence-electron chi connectivity index (χ2n) is 5.87. The van der Waals surface area contributed by atoms with Gasteiger partial charge in [0.1, 0.15) is 5.75 Å². The first-order valence-corrected chi connectivity index (χ1v) is 8.31. The lowest BCUT2D eigenvalue weighted by Gasteiger charge is -2.15. The molecule has 0 N–H and O–H groups in total. The number of nitrogens with zero attached hydrogens (tertiary/aromatic N) is 2. The van der Waals surface area contributed by atoms with Gasteiger partial charge in [-0.05, 0) is 52.3 Å². The first kappa shape index (κ1) is 18.6. The maximum Gasteiger partial charge on any atom is 0.287 e. The summed E-state index contributed by atoms with van der Waals surface area (Å²) >= 11 is 12.0. The molecule has 0 aliphatic rings. The lowest BCUT2D eigenvalue weighted by atomic mass is 10.1. The van der Waals surface area contributed by atoms with E-state index in [0.29, 0.717) is 22.2 Å². The molecule has 1 aromatic heterocycles. The van der Waals surface area contributed by atoms with Crippen molar-refractivity contribution in [1.82, 2.24) is 9.78 Å². The summed E-state index contributed by atoms with van der Waals surface area (Å²) in [5, 5.41) is 5.22. The molecule has 0 saturated heterocycles. The Kier molecular flexibility index (Phi) is 5.73. The standard InChI is InChI=1S/C18H20Cl2N2O2/c1-10(2)8-15-11(3)21-22(12(15)4)18(23)13(5)24-17-7-6-14(19)9-16(17)20/h6-7,9,13H,1,8H2,2-5H3. The van der Waals surface area contributed by atoms with Gasteiger partial charge in [-0.2, -0.15) is 5.10 Å². The van der Waals surface area contributed by atoms with Gasteiger partial charge in [-0.25, -0.2) is 4.68 Å². The summed E-state index contributed by atoms with van der Waals surface area (Å²) in [6.07, 6.45) is -0.0391. The van der Waals surface area contributed by atoms with E-state index in [1.54, 1.807) is 25.1 Å². The van der Waals surface area contributed by atoms with Gasteiger partial charge in [0.15, 0.2) is 6.10 Å². The molecule has 1 heterocycles. The second kappa shape index (κ2) is 7.41. The predicted molar refractivity (Wildman–Crippen MR) is 97.4 cm³/mol. The summed E-state index contributed by atoms with van der Waals surface area (Å²) in [6, 6.07) is 4.88. The van der Waals surface area contributed by atoms with Crippen molar-refractivity contribution in [2.75, 3.05) is 0 Å². The van der Waals surface area contributed by atoms with E-state index in [9.17, 15) is 4.79 Å². The number of hydrogen-bond donors (Lipinski definition) is 0. The maximum absolute atomic E-state index is 12.7. The van der Waals surface area contributed by atoms with Crippen LogP contribution in [0.4, 0.5) is 0 Å². The predicted octanol–water partition coefficient (Wildman–Crippen LogP) is 5.03. The molecule has 1 atom stereocenters. The molecule has 0 aliphatic heterocycles. The first-order chi connectivity index (χ1) is 11.2. The van der Waals surface area contributed by atoms with Crippen molar-refractivity contribution in [3.63, 3.8) is 0 Å². The molecular weight excluding hydrogens is 347 g/mol. The number of allylic oxidation sites excluding steroid dienone is 1. The molecule has 0 spiro atoms. The number of hydrogen-bond acceptors (Lipinski definition) is 3. The topological polar surface area (TPSA) is 44.1 Å². The maximum atomic E-state index is 12.7. The van der Waals surface area contributed by atoms with E-state index in [0.717, 1.165) is 22.5 Å². The van der Waals surface area contributed by atoms with Crippen LogP contribution in [0, 0.1) is 13.8 Å². The second-order valence-corrected chi connectivity index (χ2v) is 6.71. The van der Waals surface area contributed by atoms with Gasteiger partial charge in [0, 0.05) is 16.3 Å². The van der Waals surface area contributed by atoms with Crippen molar-refractivity contribution in [2.45, 2.75) is 40.2 Å². The van der Waals surface area contributed by atoms with Gasteiger partial charge >= 0.3 is 0 Å². The Balaban J connectivity index is 2.23. The number of aryl methyl sites for hydroxylation is 1. The summed E-state index contributed by atoms with van der Waals surface area (Å²) < 4.78 is 7.07. The van der Waals surface area contributed by atoms with Crippen molar-refractivity contribution >= 4 is 29.1 Å². The van der Waals surface area contributed by atoms with Crippen molar-refractivity contribution in [3.05, 3.63) is 57.3 Å². The Morgan fingerprint density at radius 3 is 2.62 bits per heavy atom. The molecule has 0 saturated carbocycles. The van der Waals surface area contributed by atoms with Gasteiger partial charge in [0.05, 0.1) is 10.7 Å². The van der Waals surface area contributed by atoms with Crippen LogP contribution >= 0.6 is 23.2 Å². The van der Waals surface area contributed by atoms with Gasteiger partial charge in [-0.1, -0.05) is 35.4 Å². The van der Waals surface area contributed by atoms with Crippen LogP contribution < -0.4 is 4.74 Å². The van der Waals surface area contributed by atoms with Gasteiger partial charge in [0.2, 0.25) is 0 Å². The zero-order chi connectivity index (χ0) is 18.0. The van der Waals surface area contributed by atoms with Crippen LogP contribution in [-0.2, 0) is 6.42 Å². The van der Waals surface area contributed by atoms with Crippen molar-refractivity contribution in [2.24, 2.45) is 0 Å². The van der Waals surface area contributed by atoms with E-state index in [4.69, 9.17) is 27.9 Å². The third kappa shape index (κ3) is 4.00. The Bertz CT molecular complexity index is 797.